The Bertz CT molecular complexity index is 958. The van der Waals surface area contributed by atoms with Gasteiger partial charge in [-0.05, 0) is 43.5 Å². The van der Waals surface area contributed by atoms with Crippen LogP contribution in [0.5, 0.6) is 0 Å². The topological polar surface area (TPSA) is 61.8 Å². The van der Waals surface area contributed by atoms with Gasteiger partial charge in [0.15, 0.2) is 0 Å². The van der Waals surface area contributed by atoms with Gasteiger partial charge in [0.25, 0.3) is 5.91 Å². The van der Waals surface area contributed by atoms with Gasteiger partial charge >= 0.3 is 0 Å². The minimum absolute atomic E-state index is 0.0973. The minimum atomic E-state index is -0.0973. The molecule has 2 N–H and O–H groups in total. The number of nitrogens with one attached hydrogen (secondary N) is 1. The predicted octanol–water partition coefficient (Wildman–Crippen LogP) is 3.24. The van der Waals surface area contributed by atoms with Crippen LogP contribution in [-0.4, -0.2) is 35.6 Å². The predicted molar refractivity (Wildman–Crippen MR) is 108 cm³/mol. The van der Waals surface area contributed by atoms with Crippen molar-refractivity contribution in [3.05, 3.63) is 64.7 Å². The maximum Gasteiger partial charge on any atom is 0.260 e. The highest BCUT2D eigenvalue weighted by Crippen LogP contribution is 2.41. The molecule has 5 nitrogen and oxygen atoms in total. The molecule has 28 heavy (non-hydrogen) atoms. The molecule has 0 radical (unpaired) electrons. The van der Waals surface area contributed by atoms with Crippen molar-refractivity contribution in [1.29, 1.82) is 0 Å². The molecule has 1 fully saturated rings. The lowest BCUT2D eigenvalue weighted by atomic mass is 9.96. The molecule has 5 rings (SSSR count). The molecule has 0 aromatic heterocycles. The first-order valence-corrected chi connectivity index (χ1v) is 9.96. The van der Waals surface area contributed by atoms with Crippen molar-refractivity contribution in [3.63, 3.8) is 0 Å². The van der Waals surface area contributed by atoms with E-state index in [0.29, 0.717) is 30.5 Å². The number of aliphatic hydroxyl groups is 1. The number of likely N-dealkylation sites (tertiary alicyclic amines) is 1. The highest BCUT2D eigenvalue weighted by molar-refractivity contribution is 6.36. The van der Waals surface area contributed by atoms with Crippen molar-refractivity contribution < 1.29 is 14.6 Å². The lowest BCUT2D eigenvalue weighted by molar-refractivity contribution is -0.110. The zero-order valence-electron chi connectivity index (χ0n) is 15.8. The molecule has 0 bridgehead atoms. The van der Waals surface area contributed by atoms with E-state index in [2.05, 4.69) is 28.4 Å². The Morgan fingerprint density at radius 3 is 2.75 bits per heavy atom. The summed E-state index contributed by atoms with van der Waals surface area (Å²) in [5.74, 6) is 1.05. The number of amides is 1. The molecule has 0 unspecified atom stereocenters. The molecule has 3 aliphatic heterocycles. The largest absolute Gasteiger partial charge is 0.487 e. The fourth-order valence-electron chi connectivity index (χ4n) is 4.45. The number of hydrogen-bond acceptors (Lipinski definition) is 4. The SMILES string of the molecule is O=C1Nc2ccccc2C1=C1OCc2cc(CN3CCC(CO)CC3)ccc21. The van der Waals surface area contributed by atoms with E-state index in [1.165, 1.54) is 5.56 Å². The zero-order chi connectivity index (χ0) is 19.1. The fraction of sp³-hybridized carbons (Fsp3) is 0.348. The smallest absolute Gasteiger partial charge is 0.260 e. The average molecular weight is 376 g/mol. The molecule has 144 valence electrons. The number of carbonyl (C=O) groups is 1. The van der Waals surface area contributed by atoms with Gasteiger partial charge in [-0.3, -0.25) is 9.69 Å². The molecule has 3 heterocycles. The highest BCUT2D eigenvalue weighted by Gasteiger charge is 2.32. The first-order chi connectivity index (χ1) is 13.7. The maximum atomic E-state index is 12.5. The summed E-state index contributed by atoms with van der Waals surface area (Å²) < 4.78 is 5.99. The van der Waals surface area contributed by atoms with Crippen molar-refractivity contribution in [2.45, 2.75) is 26.0 Å². The van der Waals surface area contributed by atoms with Gasteiger partial charge in [-0.1, -0.05) is 36.4 Å². The molecule has 1 saturated heterocycles. The van der Waals surface area contributed by atoms with E-state index in [9.17, 15) is 9.90 Å². The van der Waals surface area contributed by atoms with Crippen molar-refractivity contribution in [3.8, 4) is 0 Å². The molecule has 5 heteroatoms. The van der Waals surface area contributed by atoms with E-state index in [1.54, 1.807) is 0 Å². The number of hydrogen-bond donors (Lipinski definition) is 2. The summed E-state index contributed by atoms with van der Waals surface area (Å²) in [5.41, 5.74) is 5.81. The minimum Gasteiger partial charge on any atom is -0.487 e. The van der Waals surface area contributed by atoms with Crippen LogP contribution in [-0.2, 0) is 22.7 Å². The van der Waals surface area contributed by atoms with Crippen LogP contribution in [0, 0.1) is 5.92 Å². The summed E-state index contributed by atoms with van der Waals surface area (Å²) in [6, 6.07) is 14.2. The Hall–Kier alpha value is -2.63. The van der Waals surface area contributed by atoms with Crippen LogP contribution in [0.1, 0.15) is 35.1 Å². The molecule has 2 aromatic rings. The third kappa shape index (κ3) is 3.01. The number of aliphatic hydroxyl groups excluding tert-OH is 1. The molecule has 2 aromatic carbocycles. The van der Waals surface area contributed by atoms with Crippen LogP contribution >= 0.6 is 0 Å². The highest BCUT2D eigenvalue weighted by atomic mass is 16.5. The molecule has 1 amide bonds. The lowest BCUT2D eigenvalue weighted by Crippen LogP contribution is -2.34. The first kappa shape index (κ1) is 17.5. The van der Waals surface area contributed by atoms with Crippen LogP contribution in [0.2, 0.25) is 0 Å². The summed E-state index contributed by atoms with van der Waals surface area (Å²) in [7, 11) is 0. The standard InChI is InChI=1S/C23H24N2O3/c26-13-15-7-9-25(10-8-15)12-16-5-6-18-17(11-16)14-28-22(18)21-19-3-1-2-4-20(19)24-23(21)27/h1-6,11,15,26H,7-10,12-14H2,(H,24,27). The molecule has 3 aliphatic rings. The molecule has 0 atom stereocenters. The second kappa shape index (κ2) is 7.08. The Morgan fingerprint density at radius 1 is 1.11 bits per heavy atom. The number of fused-ring (bicyclic) bond motifs is 2. The quantitative estimate of drug-likeness (QED) is 0.808. The van der Waals surface area contributed by atoms with Gasteiger partial charge in [-0.25, -0.2) is 0 Å². The molecular weight excluding hydrogens is 352 g/mol. The van der Waals surface area contributed by atoms with Crippen LogP contribution < -0.4 is 5.32 Å². The molecular formula is C23H24N2O3. The van der Waals surface area contributed by atoms with Crippen LogP contribution in [0.15, 0.2) is 42.5 Å². The third-order valence-corrected chi connectivity index (χ3v) is 6.06. The number of nitrogens with zero attached hydrogens (tertiary/aromatic N) is 1. The van der Waals surface area contributed by atoms with E-state index in [4.69, 9.17) is 4.74 Å². The van der Waals surface area contributed by atoms with Crippen LogP contribution in [0.4, 0.5) is 5.69 Å². The first-order valence-electron chi connectivity index (χ1n) is 9.96. The van der Waals surface area contributed by atoms with E-state index in [-0.39, 0.29) is 5.91 Å². The second-order valence-corrected chi connectivity index (χ2v) is 7.89. The maximum absolute atomic E-state index is 12.5. The number of carbonyl (C=O) groups excluding carboxylic acids is 1. The number of ether oxygens (including phenoxy) is 1. The van der Waals surface area contributed by atoms with Crippen molar-refractivity contribution in [2.24, 2.45) is 5.92 Å². The number of para-hydroxylation sites is 1. The van der Waals surface area contributed by atoms with E-state index in [0.717, 1.165) is 54.9 Å². The van der Waals surface area contributed by atoms with E-state index in [1.807, 2.05) is 24.3 Å². The normalized spacial score (nSPS) is 22.0. The van der Waals surface area contributed by atoms with Gasteiger partial charge in [0, 0.05) is 35.5 Å². The van der Waals surface area contributed by atoms with Gasteiger partial charge in [0.1, 0.15) is 12.4 Å². The van der Waals surface area contributed by atoms with Crippen molar-refractivity contribution in [2.75, 3.05) is 25.0 Å². The molecule has 0 saturated carbocycles. The Labute approximate surface area is 164 Å². The van der Waals surface area contributed by atoms with E-state index < -0.39 is 0 Å². The number of anilines is 1. The monoisotopic (exact) mass is 376 g/mol. The summed E-state index contributed by atoms with van der Waals surface area (Å²) in [4.78, 5) is 15.0. The summed E-state index contributed by atoms with van der Waals surface area (Å²) in [6.45, 7) is 3.79. The van der Waals surface area contributed by atoms with Gasteiger partial charge < -0.3 is 15.2 Å². The summed E-state index contributed by atoms with van der Waals surface area (Å²) in [6.07, 6.45) is 2.13. The number of benzene rings is 2. The third-order valence-electron chi connectivity index (χ3n) is 6.06. The van der Waals surface area contributed by atoms with Crippen molar-refractivity contribution in [1.82, 2.24) is 4.90 Å². The Kier molecular flexibility index (Phi) is 4.41. The molecule has 0 aliphatic carbocycles. The fourth-order valence-corrected chi connectivity index (χ4v) is 4.45. The average Bonchev–Trinajstić information content (AvgIpc) is 3.27. The Morgan fingerprint density at radius 2 is 1.93 bits per heavy atom. The van der Waals surface area contributed by atoms with Gasteiger partial charge in [-0.2, -0.15) is 0 Å². The van der Waals surface area contributed by atoms with Crippen LogP contribution in [0.25, 0.3) is 11.3 Å². The molecule has 0 spiro atoms. The van der Waals surface area contributed by atoms with Crippen LogP contribution in [0.3, 0.4) is 0 Å². The Balaban J connectivity index is 1.40. The van der Waals surface area contributed by atoms with Gasteiger partial charge in [0.2, 0.25) is 0 Å². The number of rotatable bonds is 3. The lowest BCUT2D eigenvalue weighted by Gasteiger charge is -2.31. The second-order valence-electron chi connectivity index (χ2n) is 7.89. The summed E-state index contributed by atoms with van der Waals surface area (Å²) >= 11 is 0. The van der Waals surface area contributed by atoms with Gasteiger partial charge in [-0.15, -0.1) is 0 Å². The van der Waals surface area contributed by atoms with E-state index >= 15 is 0 Å². The van der Waals surface area contributed by atoms with Gasteiger partial charge in [0.05, 0.1) is 5.57 Å². The van der Waals surface area contributed by atoms with Crippen molar-refractivity contribution >= 4 is 22.9 Å². The zero-order valence-corrected chi connectivity index (χ0v) is 15.8. The summed E-state index contributed by atoms with van der Waals surface area (Å²) in [5, 5.41) is 12.2. The number of piperidine rings is 1.